The van der Waals surface area contributed by atoms with Crippen molar-refractivity contribution in [1.82, 2.24) is 25.4 Å². The van der Waals surface area contributed by atoms with E-state index >= 15 is 4.39 Å². The minimum Gasteiger partial charge on any atom is -0.364 e. The number of benzene rings is 2. The summed E-state index contributed by atoms with van der Waals surface area (Å²) in [5.41, 5.74) is 5.82. The Hall–Kier alpha value is -3.78. The fourth-order valence-corrected chi connectivity index (χ4v) is 5.47. The van der Waals surface area contributed by atoms with Gasteiger partial charge in [0.05, 0.1) is 5.39 Å². The average molecular weight is 513 g/mol. The Morgan fingerprint density at radius 1 is 1.13 bits per heavy atom. The van der Waals surface area contributed by atoms with Gasteiger partial charge in [-0.1, -0.05) is 45.0 Å². The van der Waals surface area contributed by atoms with Crippen LogP contribution < -0.4 is 10.6 Å². The van der Waals surface area contributed by atoms with E-state index in [1.54, 1.807) is 23.2 Å². The predicted octanol–water partition coefficient (Wildman–Crippen LogP) is 5.03. The summed E-state index contributed by atoms with van der Waals surface area (Å²) in [4.78, 5) is 19.4. The molecular weight excluding hydrogens is 479 g/mol. The molecule has 1 saturated heterocycles. The first-order chi connectivity index (χ1) is 18.3. The van der Waals surface area contributed by atoms with E-state index in [-0.39, 0.29) is 23.7 Å². The molecule has 7 nitrogen and oxygen atoms in total. The average Bonchev–Trinajstić information content (AvgIpc) is 3.56. The molecule has 0 bridgehead atoms. The second-order valence-electron chi connectivity index (χ2n) is 11.4. The lowest BCUT2D eigenvalue weighted by Crippen LogP contribution is -2.37. The zero-order valence-corrected chi connectivity index (χ0v) is 22.1. The number of pyridine rings is 1. The van der Waals surface area contributed by atoms with Crippen molar-refractivity contribution in [1.29, 1.82) is 0 Å². The first-order valence-electron chi connectivity index (χ1n) is 13.3. The summed E-state index contributed by atoms with van der Waals surface area (Å²) in [6.45, 7) is 9.19. The number of H-pyrrole nitrogens is 1. The summed E-state index contributed by atoms with van der Waals surface area (Å²) in [6.07, 6.45) is 3.49. The quantitative estimate of drug-likeness (QED) is 0.349. The minimum absolute atomic E-state index is 0.0292. The highest BCUT2D eigenvalue weighted by Crippen LogP contribution is 2.34. The second-order valence-corrected chi connectivity index (χ2v) is 11.4. The van der Waals surface area contributed by atoms with Crippen LogP contribution in [0.2, 0.25) is 0 Å². The SMILES string of the molecule is CC(C)(C)c1ccc2c(c1)CCN(Cc1ccc(-c3ccnc4[nH]nc(N[C@@H]5CCNC5)c34)cc1F)C2=O. The van der Waals surface area contributed by atoms with Crippen molar-refractivity contribution in [2.75, 3.05) is 25.0 Å². The number of amides is 1. The second kappa shape index (κ2) is 9.51. The molecule has 2 aromatic heterocycles. The van der Waals surface area contributed by atoms with Gasteiger partial charge < -0.3 is 15.5 Å². The Morgan fingerprint density at radius 2 is 2.00 bits per heavy atom. The highest BCUT2D eigenvalue weighted by atomic mass is 19.1. The topological polar surface area (TPSA) is 85.9 Å². The third kappa shape index (κ3) is 4.53. The fraction of sp³-hybridized carbons (Fsp3) is 0.367. The van der Waals surface area contributed by atoms with E-state index in [0.717, 1.165) is 59.4 Å². The number of aromatic amines is 1. The number of nitrogens with one attached hydrogen (secondary N) is 3. The smallest absolute Gasteiger partial charge is 0.254 e. The molecule has 2 aromatic carbocycles. The Bertz CT molecular complexity index is 1520. The first-order valence-corrected chi connectivity index (χ1v) is 13.3. The van der Waals surface area contributed by atoms with Crippen molar-refractivity contribution < 1.29 is 9.18 Å². The van der Waals surface area contributed by atoms with Gasteiger partial charge >= 0.3 is 0 Å². The van der Waals surface area contributed by atoms with Crippen LogP contribution >= 0.6 is 0 Å². The molecule has 8 heteroatoms. The molecule has 0 aliphatic carbocycles. The lowest BCUT2D eigenvalue weighted by molar-refractivity contribution is 0.0725. The number of nitrogens with zero attached hydrogens (tertiary/aromatic N) is 3. The molecule has 4 heterocycles. The van der Waals surface area contributed by atoms with Gasteiger partial charge in [-0.2, -0.15) is 5.10 Å². The molecule has 1 fully saturated rings. The van der Waals surface area contributed by atoms with E-state index in [1.807, 2.05) is 24.3 Å². The van der Waals surface area contributed by atoms with Crippen LogP contribution in [0.15, 0.2) is 48.7 Å². The van der Waals surface area contributed by atoms with E-state index in [0.29, 0.717) is 23.8 Å². The molecule has 196 valence electrons. The van der Waals surface area contributed by atoms with E-state index < -0.39 is 0 Å². The van der Waals surface area contributed by atoms with Crippen LogP contribution in [-0.4, -0.2) is 51.7 Å². The van der Waals surface area contributed by atoms with Crippen molar-refractivity contribution in [2.45, 2.75) is 51.6 Å². The predicted molar refractivity (Wildman–Crippen MR) is 148 cm³/mol. The maximum atomic E-state index is 15.5. The largest absolute Gasteiger partial charge is 0.364 e. The summed E-state index contributed by atoms with van der Waals surface area (Å²) < 4.78 is 15.5. The molecule has 0 saturated carbocycles. The number of rotatable bonds is 5. The molecule has 4 aromatic rings. The van der Waals surface area contributed by atoms with Crippen LogP contribution in [-0.2, 0) is 18.4 Å². The third-order valence-electron chi connectivity index (χ3n) is 7.73. The van der Waals surface area contributed by atoms with Crippen molar-refractivity contribution in [3.8, 4) is 11.1 Å². The molecule has 6 rings (SSSR count). The van der Waals surface area contributed by atoms with Gasteiger partial charge in [0.2, 0.25) is 0 Å². The molecule has 0 radical (unpaired) electrons. The molecule has 38 heavy (non-hydrogen) atoms. The number of hydrogen-bond donors (Lipinski definition) is 3. The first kappa shape index (κ1) is 24.6. The molecule has 2 aliphatic heterocycles. The number of hydrogen-bond acceptors (Lipinski definition) is 5. The van der Waals surface area contributed by atoms with Gasteiger partial charge in [0.1, 0.15) is 5.82 Å². The molecule has 0 spiro atoms. The maximum Gasteiger partial charge on any atom is 0.254 e. The van der Waals surface area contributed by atoms with Crippen LogP contribution in [0.3, 0.4) is 0 Å². The number of halogens is 1. The minimum atomic E-state index is -0.327. The molecule has 2 aliphatic rings. The van der Waals surface area contributed by atoms with Gasteiger partial charge in [0, 0.05) is 43.0 Å². The van der Waals surface area contributed by atoms with Crippen molar-refractivity contribution >= 4 is 22.8 Å². The van der Waals surface area contributed by atoms with Crippen LogP contribution in [0.4, 0.5) is 10.2 Å². The van der Waals surface area contributed by atoms with Gasteiger partial charge in [0.25, 0.3) is 5.91 Å². The zero-order valence-electron chi connectivity index (χ0n) is 22.1. The Morgan fingerprint density at radius 3 is 2.76 bits per heavy atom. The molecule has 1 amide bonds. The number of aromatic nitrogens is 3. The number of carbonyl (C=O) groups is 1. The van der Waals surface area contributed by atoms with Gasteiger partial charge in [-0.05, 0) is 65.3 Å². The van der Waals surface area contributed by atoms with Gasteiger partial charge in [0.15, 0.2) is 11.5 Å². The highest BCUT2D eigenvalue weighted by molar-refractivity contribution is 6.00. The standard InChI is InChI=1S/C30H33FN6O/c1-30(2,3)21-6-7-24-19(14-21)10-13-37(29(24)38)17-20-5-4-18(15-25(20)31)23-9-12-33-27-26(23)28(36-35-27)34-22-8-11-32-16-22/h4-7,9,12,14-15,22,32H,8,10-11,13,16-17H2,1-3H3,(H2,33,34,35,36)/t22-/m1/s1. The Kier molecular flexibility index (Phi) is 6.14. The highest BCUT2D eigenvalue weighted by Gasteiger charge is 2.27. The van der Waals surface area contributed by atoms with Crippen molar-refractivity contribution in [2.24, 2.45) is 0 Å². The van der Waals surface area contributed by atoms with Crippen LogP contribution in [0.1, 0.15) is 54.2 Å². The molecule has 3 N–H and O–H groups in total. The normalized spacial score (nSPS) is 17.7. The summed E-state index contributed by atoms with van der Waals surface area (Å²) in [7, 11) is 0. The Labute approximate surface area is 221 Å². The van der Waals surface area contributed by atoms with E-state index in [9.17, 15) is 4.79 Å². The van der Waals surface area contributed by atoms with Crippen LogP contribution in [0.25, 0.3) is 22.2 Å². The van der Waals surface area contributed by atoms with E-state index in [4.69, 9.17) is 0 Å². The maximum absolute atomic E-state index is 15.5. The van der Waals surface area contributed by atoms with Gasteiger partial charge in [-0.15, -0.1) is 0 Å². The van der Waals surface area contributed by atoms with E-state index in [1.165, 1.54) is 5.56 Å². The lowest BCUT2D eigenvalue weighted by atomic mass is 9.84. The van der Waals surface area contributed by atoms with Crippen LogP contribution in [0.5, 0.6) is 0 Å². The van der Waals surface area contributed by atoms with Crippen LogP contribution in [0, 0.1) is 5.82 Å². The zero-order chi connectivity index (χ0) is 26.4. The summed E-state index contributed by atoms with van der Waals surface area (Å²) in [6, 6.07) is 13.6. The molecule has 1 atom stereocenters. The fourth-order valence-electron chi connectivity index (χ4n) is 5.47. The summed E-state index contributed by atoms with van der Waals surface area (Å²) in [5.74, 6) is 0.363. The number of carbonyl (C=O) groups excluding carboxylic acids is 1. The summed E-state index contributed by atoms with van der Waals surface area (Å²) >= 11 is 0. The van der Waals surface area contributed by atoms with Crippen molar-refractivity contribution in [3.63, 3.8) is 0 Å². The van der Waals surface area contributed by atoms with Crippen molar-refractivity contribution in [3.05, 3.63) is 76.7 Å². The molecule has 0 unspecified atom stereocenters. The Balaban J connectivity index is 1.25. The monoisotopic (exact) mass is 512 g/mol. The van der Waals surface area contributed by atoms with Gasteiger partial charge in [-0.25, -0.2) is 9.37 Å². The number of fused-ring (bicyclic) bond motifs is 2. The van der Waals surface area contributed by atoms with Gasteiger partial charge in [-0.3, -0.25) is 9.89 Å². The summed E-state index contributed by atoms with van der Waals surface area (Å²) in [5, 5.41) is 15.1. The lowest BCUT2D eigenvalue weighted by Gasteiger charge is -2.30. The molecular formula is C30H33FN6O. The van der Waals surface area contributed by atoms with E-state index in [2.05, 4.69) is 52.7 Å². The third-order valence-corrected chi connectivity index (χ3v) is 7.73. The number of anilines is 1.